The largest absolute Gasteiger partial charge is 0.372 e. The Balaban J connectivity index is 2.18. The molecule has 19 heavy (non-hydrogen) atoms. The number of hydrogen-bond acceptors (Lipinski definition) is 3. The van der Waals surface area contributed by atoms with Crippen LogP contribution in [0.5, 0.6) is 0 Å². The zero-order valence-corrected chi connectivity index (χ0v) is 11.8. The molecular formula is C15H22N2O2. The first-order valence-corrected chi connectivity index (χ1v) is 6.70. The zero-order valence-electron chi connectivity index (χ0n) is 11.8. The van der Waals surface area contributed by atoms with E-state index in [0.717, 1.165) is 5.56 Å². The Kier molecular flexibility index (Phi) is 3.92. The Morgan fingerprint density at radius 2 is 1.79 bits per heavy atom. The molecule has 0 saturated carbocycles. The number of hydrogen-bond donors (Lipinski definition) is 1. The van der Waals surface area contributed by atoms with Crippen molar-refractivity contribution in [3.63, 3.8) is 0 Å². The third-order valence-electron chi connectivity index (χ3n) is 3.52. The highest BCUT2D eigenvalue weighted by atomic mass is 16.5. The number of carbonyl (C=O) groups is 1. The van der Waals surface area contributed by atoms with Gasteiger partial charge >= 0.3 is 0 Å². The van der Waals surface area contributed by atoms with Gasteiger partial charge in [0.2, 0.25) is 5.91 Å². The van der Waals surface area contributed by atoms with E-state index in [-0.39, 0.29) is 18.1 Å². The van der Waals surface area contributed by atoms with Crippen molar-refractivity contribution in [3.8, 4) is 0 Å². The second kappa shape index (κ2) is 5.31. The molecule has 0 aliphatic carbocycles. The summed E-state index contributed by atoms with van der Waals surface area (Å²) in [6, 6.07) is 9.51. The Labute approximate surface area is 114 Å². The van der Waals surface area contributed by atoms with Gasteiger partial charge in [-0.25, -0.2) is 0 Å². The Morgan fingerprint density at radius 3 is 2.32 bits per heavy atom. The third kappa shape index (κ3) is 2.96. The van der Waals surface area contributed by atoms with E-state index >= 15 is 0 Å². The van der Waals surface area contributed by atoms with Crippen LogP contribution in [0.2, 0.25) is 0 Å². The molecule has 1 aromatic rings. The van der Waals surface area contributed by atoms with Crippen molar-refractivity contribution in [2.45, 2.75) is 38.5 Å². The lowest BCUT2D eigenvalue weighted by molar-refractivity contribution is -0.148. The molecule has 4 nitrogen and oxygen atoms in total. The van der Waals surface area contributed by atoms with E-state index in [1.54, 1.807) is 6.92 Å². The van der Waals surface area contributed by atoms with Gasteiger partial charge < -0.3 is 15.4 Å². The third-order valence-corrected chi connectivity index (χ3v) is 3.52. The van der Waals surface area contributed by atoms with Crippen LogP contribution < -0.4 is 5.73 Å². The van der Waals surface area contributed by atoms with Crippen LogP contribution in [0.25, 0.3) is 0 Å². The topological polar surface area (TPSA) is 55.6 Å². The molecule has 2 rings (SSSR count). The molecule has 1 fully saturated rings. The standard InChI is InChI=1S/C15H22N2O2/c1-11-9-17(10-12(2)19-11)14(18)15(3,16)13-7-5-4-6-8-13/h4-8,11-12H,9-10,16H2,1-3H3. The number of morpholine rings is 1. The maximum Gasteiger partial charge on any atom is 0.247 e. The van der Waals surface area contributed by atoms with Crippen molar-refractivity contribution in [1.82, 2.24) is 4.90 Å². The number of nitrogens with zero attached hydrogens (tertiary/aromatic N) is 1. The van der Waals surface area contributed by atoms with Gasteiger partial charge in [0.25, 0.3) is 0 Å². The van der Waals surface area contributed by atoms with Crippen LogP contribution in [0.1, 0.15) is 26.3 Å². The summed E-state index contributed by atoms with van der Waals surface area (Å²) in [6.45, 7) is 6.93. The molecule has 2 N–H and O–H groups in total. The van der Waals surface area contributed by atoms with Crippen LogP contribution in [0.3, 0.4) is 0 Å². The van der Waals surface area contributed by atoms with Crippen LogP contribution in [0.15, 0.2) is 30.3 Å². The predicted octanol–water partition coefficient (Wildman–Crippen LogP) is 1.50. The van der Waals surface area contributed by atoms with Crippen LogP contribution in [-0.2, 0) is 15.1 Å². The molecule has 104 valence electrons. The fraction of sp³-hybridized carbons (Fsp3) is 0.533. The number of amides is 1. The highest BCUT2D eigenvalue weighted by Gasteiger charge is 2.37. The minimum absolute atomic E-state index is 0.0410. The van der Waals surface area contributed by atoms with E-state index in [1.165, 1.54) is 0 Å². The SMILES string of the molecule is CC1CN(C(=O)C(C)(N)c2ccccc2)CC(C)O1. The number of nitrogens with two attached hydrogens (primary N) is 1. The summed E-state index contributed by atoms with van der Waals surface area (Å²) < 4.78 is 5.65. The maximum absolute atomic E-state index is 12.7. The fourth-order valence-corrected chi connectivity index (χ4v) is 2.58. The average Bonchev–Trinajstić information content (AvgIpc) is 2.37. The van der Waals surface area contributed by atoms with Crippen LogP contribution in [0.4, 0.5) is 0 Å². The van der Waals surface area contributed by atoms with E-state index < -0.39 is 5.54 Å². The van der Waals surface area contributed by atoms with Crippen molar-refractivity contribution in [2.24, 2.45) is 5.73 Å². The van der Waals surface area contributed by atoms with Crippen molar-refractivity contribution in [2.75, 3.05) is 13.1 Å². The molecule has 1 amide bonds. The van der Waals surface area contributed by atoms with E-state index in [2.05, 4.69) is 0 Å². The first-order chi connectivity index (χ1) is 8.91. The average molecular weight is 262 g/mol. The zero-order chi connectivity index (χ0) is 14.0. The van der Waals surface area contributed by atoms with Crippen molar-refractivity contribution in [3.05, 3.63) is 35.9 Å². The minimum atomic E-state index is -0.988. The summed E-state index contributed by atoms with van der Waals surface area (Å²) in [6.07, 6.45) is 0.110. The van der Waals surface area contributed by atoms with Crippen molar-refractivity contribution >= 4 is 5.91 Å². The van der Waals surface area contributed by atoms with E-state index in [0.29, 0.717) is 13.1 Å². The lowest BCUT2D eigenvalue weighted by Gasteiger charge is -2.39. The molecule has 0 radical (unpaired) electrons. The van der Waals surface area contributed by atoms with Crippen molar-refractivity contribution < 1.29 is 9.53 Å². The van der Waals surface area contributed by atoms with Gasteiger partial charge in [-0.2, -0.15) is 0 Å². The number of carbonyl (C=O) groups excluding carboxylic acids is 1. The molecule has 1 heterocycles. The molecule has 0 bridgehead atoms. The molecule has 4 heteroatoms. The van der Waals surface area contributed by atoms with E-state index in [1.807, 2.05) is 49.1 Å². The van der Waals surface area contributed by atoms with Crippen LogP contribution in [0, 0.1) is 0 Å². The summed E-state index contributed by atoms with van der Waals surface area (Å²) in [7, 11) is 0. The van der Waals surface area contributed by atoms with Crippen LogP contribution >= 0.6 is 0 Å². The molecule has 1 aliphatic heterocycles. The first kappa shape index (κ1) is 14.0. The highest BCUT2D eigenvalue weighted by Crippen LogP contribution is 2.22. The predicted molar refractivity (Wildman–Crippen MR) is 74.6 cm³/mol. The molecule has 1 saturated heterocycles. The van der Waals surface area contributed by atoms with Gasteiger partial charge in [0.05, 0.1) is 12.2 Å². The molecule has 3 atom stereocenters. The quantitative estimate of drug-likeness (QED) is 0.878. The lowest BCUT2D eigenvalue weighted by Crippen LogP contribution is -2.56. The maximum atomic E-state index is 12.7. The summed E-state index contributed by atoms with van der Waals surface area (Å²) >= 11 is 0. The Hall–Kier alpha value is -1.39. The first-order valence-electron chi connectivity index (χ1n) is 6.70. The summed E-state index contributed by atoms with van der Waals surface area (Å²) in [5.41, 5.74) is 6.12. The van der Waals surface area contributed by atoms with Crippen molar-refractivity contribution in [1.29, 1.82) is 0 Å². The second-order valence-corrected chi connectivity index (χ2v) is 5.54. The van der Waals surface area contributed by atoms with Gasteiger partial charge in [-0.05, 0) is 26.3 Å². The molecule has 1 aliphatic rings. The number of benzene rings is 1. The Bertz CT molecular complexity index is 435. The molecule has 0 aromatic heterocycles. The summed E-state index contributed by atoms with van der Waals surface area (Å²) in [5, 5.41) is 0. The summed E-state index contributed by atoms with van der Waals surface area (Å²) in [5.74, 6) is -0.0410. The summed E-state index contributed by atoms with van der Waals surface area (Å²) in [4.78, 5) is 14.5. The normalized spacial score (nSPS) is 26.8. The van der Waals surface area contributed by atoms with Gasteiger partial charge in [-0.1, -0.05) is 30.3 Å². The molecule has 0 spiro atoms. The monoisotopic (exact) mass is 262 g/mol. The lowest BCUT2D eigenvalue weighted by atomic mass is 9.91. The number of rotatable bonds is 2. The van der Waals surface area contributed by atoms with E-state index in [9.17, 15) is 4.79 Å². The van der Waals surface area contributed by atoms with Gasteiger partial charge in [-0.3, -0.25) is 4.79 Å². The minimum Gasteiger partial charge on any atom is -0.372 e. The Morgan fingerprint density at radius 1 is 1.26 bits per heavy atom. The smallest absolute Gasteiger partial charge is 0.247 e. The van der Waals surface area contributed by atoms with Gasteiger partial charge in [0.1, 0.15) is 5.54 Å². The molecular weight excluding hydrogens is 240 g/mol. The fourth-order valence-electron chi connectivity index (χ4n) is 2.58. The van der Waals surface area contributed by atoms with Gasteiger partial charge in [0.15, 0.2) is 0 Å². The molecule has 3 unspecified atom stereocenters. The highest BCUT2D eigenvalue weighted by molar-refractivity contribution is 5.87. The van der Waals surface area contributed by atoms with Crippen LogP contribution in [-0.4, -0.2) is 36.1 Å². The van der Waals surface area contributed by atoms with Gasteiger partial charge in [-0.15, -0.1) is 0 Å². The van der Waals surface area contributed by atoms with E-state index in [4.69, 9.17) is 10.5 Å². The molecule has 1 aromatic carbocycles. The number of ether oxygens (including phenoxy) is 1. The van der Waals surface area contributed by atoms with Gasteiger partial charge in [0, 0.05) is 13.1 Å². The second-order valence-electron chi connectivity index (χ2n) is 5.54.